The number of carbonyl (C=O) groups is 1. The Morgan fingerprint density at radius 1 is 1.14 bits per heavy atom. The molecule has 0 spiro atoms. The molecule has 0 amide bonds. The normalized spacial score (nSPS) is 11.1. The van der Waals surface area contributed by atoms with Gasteiger partial charge in [0.1, 0.15) is 0 Å². The zero-order chi connectivity index (χ0) is 15.6. The maximum Gasteiger partial charge on any atom is 0.229 e. The van der Waals surface area contributed by atoms with E-state index in [-0.39, 0.29) is 10.8 Å². The van der Waals surface area contributed by atoms with Crippen LogP contribution in [0, 0.1) is 0 Å². The Bertz CT molecular complexity index is 786. The molecular formula is C14H13ClN2O3S. The van der Waals surface area contributed by atoms with E-state index in [0.717, 1.165) is 6.26 Å². The third-order valence-electron chi connectivity index (χ3n) is 2.72. The van der Waals surface area contributed by atoms with Crippen molar-refractivity contribution in [1.29, 1.82) is 0 Å². The Morgan fingerprint density at radius 2 is 1.76 bits per heavy atom. The van der Waals surface area contributed by atoms with Crippen molar-refractivity contribution in [2.75, 3.05) is 16.7 Å². The minimum absolute atomic E-state index is 0.209. The summed E-state index contributed by atoms with van der Waals surface area (Å²) in [6.07, 6.45) is 1.05. The van der Waals surface area contributed by atoms with E-state index in [0.29, 0.717) is 22.5 Å². The van der Waals surface area contributed by atoms with Crippen LogP contribution in [0.4, 0.5) is 11.4 Å². The number of anilines is 2. The average Bonchev–Trinajstić information content (AvgIpc) is 2.40. The van der Waals surface area contributed by atoms with Crippen molar-refractivity contribution in [3.63, 3.8) is 0 Å². The van der Waals surface area contributed by atoms with Crippen LogP contribution in [0.3, 0.4) is 0 Å². The highest BCUT2D eigenvalue weighted by molar-refractivity contribution is 7.92. The largest absolute Gasteiger partial charge is 0.398 e. The molecule has 0 aliphatic heterocycles. The summed E-state index contributed by atoms with van der Waals surface area (Å²) in [6.45, 7) is 0. The van der Waals surface area contributed by atoms with E-state index >= 15 is 0 Å². The first-order valence-corrected chi connectivity index (χ1v) is 8.21. The van der Waals surface area contributed by atoms with Gasteiger partial charge in [-0.2, -0.15) is 0 Å². The molecule has 5 nitrogen and oxygen atoms in total. The molecule has 3 N–H and O–H groups in total. The molecule has 2 aromatic rings. The molecule has 0 saturated heterocycles. The Hall–Kier alpha value is -2.05. The van der Waals surface area contributed by atoms with E-state index in [9.17, 15) is 13.2 Å². The van der Waals surface area contributed by atoms with Gasteiger partial charge in [0.25, 0.3) is 0 Å². The molecule has 0 atom stereocenters. The highest BCUT2D eigenvalue weighted by Crippen LogP contribution is 2.25. The van der Waals surface area contributed by atoms with E-state index < -0.39 is 10.0 Å². The molecule has 7 heteroatoms. The van der Waals surface area contributed by atoms with Crippen molar-refractivity contribution < 1.29 is 13.2 Å². The van der Waals surface area contributed by atoms with Gasteiger partial charge in [0.15, 0.2) is 5.78 Å². The van der Waals surface area contributed by atoms with Gasteiger partial charge in [-0.15, -0.1) is 0 Å². The molecule has 2 rings (SSSR count). The second kappa shape index (κ2) is 5.75. The fourth-order valence-corrected chi connectivity index (χ4v) is 2.56. The lowest BCUT2D eigenvalue weighted by molar-refractivity contribution is 0.103. The van der Waals surface area contributed by atoms with Crippen LogP contribution in [0.5, 0.6) is 0 Å². The van der Waals surface area contributed by atoms with Crippen LogP contribution in [0.15, 0.2) is 42.5 Å². The molecule has 0 heterocycles. The fourth-order valence-electron chi connectivity index (χ4n) is 1.78. The van der Waals surface area contributed by atoms with Gasteiger partial charge in [-0.1, -0.05) is 17.7 Å². The zero-order valence-electron chi connectivity index (χ0n) is 11.1. The van der Waals surface area contributed by atoms with E-state index in [1.165, 1.54) is 24.3 Å². The molecule has 110 valence electrons. The lowest BCUT2D eigenvalue weighted by atomic mass is 10.0. The maximum absolute atomic E-state index is 12.3. The monoisotopic (exact) mass is 324 g/mol. The summed E-state index contributed by atoms with van der Waals surface area (Å²) >= 11 is 6.02. The number of sulfonamides is 1. The maximum atomic E-state index is 12.3. The van der Waals surface area contributed by atoms with Gasteiger partial charge in [-0.05, 0) is 36.4 Å². The summed E-state index contributed by atoms with van der Waals surface area (Å²) in [7, 11) is -3.35. The summed E-state index contributed by atoms with van der Waals surface area (Å²) in [5.74, 6) is -0.279. The molecule has 2 aromatic carbocycles. The van der Waals surface area contributed by atoms with Crippen molar-refractivity contribution in [2.24, 2.45) is 0 Å². The average molecular weight is 325 g/mol. The van der Waals surface area contributed by atoms with Gasteiger partial charge < -0.3 is 5.73 Å². The van der Waals surface area contributed by atoms with Crippen LogP contribution in [-0.2, 0) is 10.0 Å². The summed E-state index contributed by atoms with van der Waals surface area (Å²) in [4.78, 5) is 12.3. The third-order valence-corrected chi connectivity index (χ3v) is 3.75. The smallest absolute Gasteiger partial charge is 0.229 e. The van der Waals surface area contributed by atoms with Crippen LogP contribution in [-0.4, -0.2) is 20.5 Å². The molecule has 0 radical (unpaired) electrons. The molecule has 0 aliphatic carbocycles. The van der Waals surface area contributed by atoms with E-state index in [1.54, 1.807) is 18.2 Å². The number of carbonyl (C=O) groups excluding carboxylic acids is 1. The second-order valence-electron chi connectivity index (χ2n) is 4.49. The van der Waals surface area contributed by atoms with Gasteiger partial charge >= 0.3 is 0 Å². The topological polar surface area (TPSA) is 89.3 Å². The fraction of sp³-hybridized carbons (Fsp3) is 0.0714. The van der Waals surface area contributed by atoms with Gasteiger partial charge in [0.05, 0.1) is 17.0 Å². The second-order valence-corrected chi connectivity index (χ2v) is 6.62. The Kier molecular flexibility index (Phi) is 4.20. The van der Waals surface area contributed by atoms with Gasteiger partial charge in [0.2, 0.25) is 10.0 Å². The Balaban J connectivity index is 2.30. The molecule has 0 unspecified atom stereocenters. The molecular weight excluding hydrogens is 312 g/mol. The van der Waals surface area contributed by atoms with Crippen molar-refractivity contribution in [3.05, 3.63) is 58.6 Å². The van der Waals surface area contributed by atoms with E-state index in [1.807, 2.05) is 0 Å². The molecule has 0 bridgehead atoms. The molecule has 0 fully saturated rings. The third kappa shape index (κ3) is 3.74. The summed E-state index contributed by atoms with van der Waals surface area (Å²) < 4.78 is 24.5. The number of benzene rings is 2. The van der Waals surface area contributed by atoms with Crippen LogP contribution >= 0.6 is 11.6 Å². The number of nitrogens with two attached hydrogens (primary N) is 1. The lowest BCUT2D eigenvalue weighted by Gasteiger charge is -2.07. The molecule has 0 saturated carbocycles. The van der Waals surface area contributed by atoms with E-state index in [4.69, 9.17) is 17.3 Å². The number of nitrogens with one attached hydrogen (secondary N) is 1. The van der Waals surface area contributed by atoms with Crippen LogP contribution < -0.4 is 10.5 Å². The number of hydrogen-bond donors (Lipinski definition) is 2. The first-order chi connectivity index (χ1) is 9.78. The highest BCUT2D eigenvalue weighted by Gasteiger charge is 2.14. The predicted octanol–water partition coefficient (Wildman–Crippen LogP) is 2.52. The number of rotatable bonds is 4. The van der Waals surface area contributed by atoms with Crippen molar-refractivity contribution in [1.82, 2.24) is 0 Å². The van der Waals surface area contributed by atoms with E-state index in [2.05, 4.69) is 4.72 Å². The quantitative estimate of drug-likeness (QED) is 0.668. The van der Waals surface area contributed by atoms with Crippen molar-refractivity contribution in [2.45, 2.75) is 0 Å². The summed E-state index contributed by atoms with van der Waals surface area (Å²) in [5.41, 5.74) is 7.08. The van der Waals surface area contributed by atoms with Gasteiger partial charge in [-0.3, -0.25) is 9.52 Å². The number of ketones is 1. The summed E-state index contributed by atoms with van der Waals surface area (Å²) in [5, 5.41) is 0.209. The summed E-state index contributed by atoms with van der Waals surface area (Å²) in [6, 6.07) is 10.9. The lowest BCUT2D eigenvalue weighted by Crippen LogP contribution is -2.10. The number of hydrogen-bond acceptors (Lipinski definition) is 4. The van der Waals surface area contributed by atoms with Crippen LogP contribution in [0.2, 0.25) is 5.02 Å². The minimum Gasteiger partial charge on any atom is -0.398 e. The molecule has 0 aliphatic rings. The van der Waals surface area contributed by atoms with Crippen molar-refractivity contribution >= 4 is 38.8 Å². The molecule has 0 aromatic heterocycles. The molecule has 21 heavy (non-hydrogen) atoms. The Labute approximate surface area is 127 Å². The first-order valence-electron chi connectivity index (χ1n) is 5.94. The zero-order valence-corrected chi connectivity index (χ0v) is 12.7. The van der Waals surface area contributed by atoms with Gasteiger partial charge in [0, 0.05) is 16.8 Å². The Morgan fingerprint density at radius 3 is 2.33 bits per heavy atom. The first kappa shape index (κ1) is 15.3. The standard InChI is InChI=1S/C14H13ClN2O3S/c1-21(19,20)17-10-7-5-9(6-8-10)14(18)11-3-2-4-12(16)13(11)15/h2-8,17H,16H2,1H3. The van der Waals surface area contributed by atoms with Crippen LogP contribution in [0.1, 0.15) is 15.9 Å². The number of halogens is 1. The van der Waals surface area contributed by atoms with Crippen molar-refractivity contribution in [3.8, 4) is 0 Å². The predicted molar refractivity (Wildman–Crippen MR) is 84.2 cm³/mol. The number of nitrogen functional groups attached to an aromatic ring is 1. The minimum atomic E-state index is -3.35. The van der Waals surface area contributed by atoms with Crippen LogP contribution in [0.25, 0.3) is 0 Å². The SMILES string of the molecule is CS(=O)(=O)Nc1ccc(C(=O)c2cccc(N)c2Cl)cc1. The highest BCUT2D eigenvalue weighted by atomic mass is 35.5. The van der Waals surface area contributed by atoms with Gasteiger partial charge in [-0.25, -0.2) is 8.42 Å².